The average Bonchev–Trinajstić information content (AvgIpc) is 2.68. The van der Waals surface area contributed by atoms with Crippen LogP contribution in [0.4, 0.5) is 41.1 Å². The molecule has 1 aromatic carbocycles. The van der Waals surface area contributed by atoms with E-state index in [2.05, 4.69) is 26.8 Å². The first-order valence-corrected chi connectivity index (χ1v) is 8.27. The van der Waals surface area contributed by atoms with Crippen molar-refractivity contribution in [3.8, 4) is 11.8 Å². The maximum atomic E-state index is 13.0. The van der Waals surface area contributed by atoms with Crippen molar-refractivity contribution in [1.82, 2.24) is 15.0 Å². The Morgan fingerprint density at radius 1 is 0.967 bits per heavy atom. The van der Waals surface area contributed by atoms with E-state index in [0.29, 0.717) is 5.56 Å². The molecule has 2 amide bonds. The Balaban J connectivity index is 1.93. The van der Waals surface area contributed by atoms with Crippen LogP contribution in [0.3, 0.4) is 0 Å². The topological polar surface area (TPSA) is 137 Å². The molecule has 3 rings (SSSR count). The molecule has 0 spiro atoms. The quantitative estimate of drug-likeness (QED) is 0.553. The van der Waals surface area contributed by atoms with Crippen LogP contribution in [0.15, 0.2) is 48.9 Å². The van der Waals surface area contributed by atoms with Gasteiger partial charge in [0.15, 0.2) is 0 Å². The van der Waals surface area contributed by atoms with Gasteiger partial charge in [0.25, 0.3) is 0 Å². The molecule has 8 nitrogen and oxygen atoms in total. The lowest BCUT2D eigenvalue weighted by molar-refractivity contribution is -0.137. The van der Waals surface area contributed by atoms with E-state index in [-0.39, 0.29) is 28.7 Å². The van der Waals surface area contributed by atoms with Crippen molar-refractivity contribution in [2.45, 2.75) is 6.18 Å². The van der Waals surface area contributed by atoms with E-state index in [1.165, 1.54) is 18.5 Å². The van der Waals surface area contributed by atoms with Gasteiger partial charge in [0.1, 0.15) is 29.3 Å². The summed E-state index contributed by atoms with van der Waals surface area (Å²) in [6.07, 6.45) is -2.43. The van der Waals surface area contributed by atoms with Gasteiger partial charge < -0.3 is 17.2 Å². The van der Waals surface area contributed by atoms with Crippen LogP contribution in [0.25, 0.3) is 0 Å². The molecule has 11 heteroatoms. The highest BCUT2D eigenvalue weighted by Crippen LogP contribution is 2.32. The highest BCUT2D eigenvalue weighted by atomic mass is 19.4. The first-order valence-electron chi connectivity index (χ1n) is 8.27. The molecule has 2 aromatic heterocycles. The molecule has 3 aromatic rings. The Bertz CT molecular complexity index is 1130. The third-order valence-corrected chi connectivity index (χ3v) is 3.89. The molecular formula is C19H14F3N7O. The number of nitrogens with zero attached hydrogens (tertiary/aromatic N) is 4. The molecule has 0 saturated carbocycles. The molecule has 30 heavy (non-hydrogen) atoms. The van der Waals surface area contributed by atoms with E-state index in [4.69, 9.17) is 17.2 Å². The van der Waals surface area contributed by atoms with E-state index in [9.17, 15) is 18.0 Å². The van der Waals surface area contributed by atoms with Crippen molar-refractivity contribution in [3.63, 3.8) is 0 Å². The summed E-state index contributed by atoms with van der Waals surface area (Å²) in [7, 11) is 0. The molecule has 0 aliphatic rings. The number of nitrogen functional groups attached to an aromatic ring is 2. The number of alkyl halides is 3. The van der Waals surface area contributed by atoms with Crippen LogP contribution in [0.2, 0.25) is 0 Å². The van der Waals surface area contributed by atoms with Gasteiger partial charge in [-0.2, -0.15) is 13.2 Å². The molecule has 0 bridgehead atoms. The summed E-state index contributed by atoms with van der Waals surface area (Å²) in [6.45, 7) is 0. The number of urea groups is 1. The standard InChI is InChI=1S/C19H14F3N7O/c20-19(21,22)12-7-8-26-15(9-12)29(18(25)30)13-4-1-11(2-5-13)3-6-14-16(23)27-10-28-17(14)24/h1-2,4-5,7-10H,(H2,25,30)(H4,23,24,27,28). The SMILES string of the molecule is NC(=O)N(c1ccc(C#Cc2c(N)ncnc2N)cc1)c1cc(C(F)(F)F)ccn1. The maximum absolute atomic E-state index is 13.0. The third kappa shape index (κ3) is 4.39. The minimum Gasteiger partial charge on any atom is -0.382 e. The lowest BCUT2D eigenvalue weighted by Gasteiger charge is -2.20. The normalized spacial score (nSPS) is 10.8. The van der Waals surface area contributed by atoms with Gasteiger partial charge in [-0.05, 0) is 36.4 Å². The number of aromatic nitrogens is 3. The number of amides is 2. The molecular weight excluding hydrogens is 399 g/mol. The van der Waals surface area contributed by atoms with Crippen LogP contribution in [-0.4, -0.2) is 21.0 Å². The lowest BCUT2D eigenvalue weighted by atomic mass is 10.1. The van der Waals surface area contributed by atoms with Crippen molar-refractivity contribution in [2.75, 3.05) is 16.4 Å². The van der Waals surface area contributed by atoms with Crippen LogP contribution in [0.5, 0.6) is 0 Å². The number of rotatable bonds is 2. The predicted octanol–water partition coefficient (Wildman–Crippen LogP) is 2.67. The smallest absolute Gasteiger partial charge is 0.382 e. The molecule has 0 atom stereocenters. The minimum atomic E-state index is -4.59. The number of carbonyl (C=O) groups excluding carboxylic acids is 1. The fourth-order valence-corrected chi connectivity index (χ4v) is 2.46. The molecule has 152 valence electrons. The number of anilines is 4. The molecule has 0 aliphatic heterocycles. The largest absolute Gasteiger partial charge is 0.416 e. The highest BCUT2D eigenvalue weighted by Gasteiger charge is 2.31. The van der Waals surface area contributed by atoms with Crippen molar-refractivity contribution in [1.29, 1.82) is 0 Å². The summed E-state index contributed by atoms with van der Waals surface area (Å²) in [5.41, 5.74) is 16.8. The molecule has 0 aliphatic carbocycles. The van der Waals surface area contributed by atoms with E-state index in [0.717, 1.165) is 23.2 Å². The van der Waals surface area contributed by atoms with Gasteiger partial charge in [0.2, 0.25) is 0 Å². The second kappa shape index (κ2) is 7.96. The second-order valence-corrected chi connectivity index (χ2v) is 5.89. The lowest BCUT2D eigenvalue weighted by Crippen LogP contribution is -2.32. The minimum absolute atomic E-state index is 0.127. The van der Waals surface area contributed by atoms with Crippen LogP contribution in [0.1, 0.15) is 16.7 Å². The Labute approximate surface area is 168 Å². The summed E-state index contributed by atoms with van der Waals surface area (Å²) < 4.78 is 38.9. The van der Waals surface area contributed by atoms with Crippen LogP contribution in [0, 0.1) is 11.8 Å². The zero-order valence-corrected chi connectivity index (χ0v) is 15.2. The number of benzene rings is 1. The van der Waals surface area contributed by atoms with Gasteiger partial charge in [-0.15, -0.1) is 0 Å². The number of hydrogen-bond donors (Lipinski definition) is 3. The van der Waals surface area contributed by atoms with E-state index in [1.807, 2.05) is 0 Å². The molecule has 6 N–H and O–H groups in total. The number of primary amides is 1. The Morgan fingerprint density at radius 3 is 2.17 bits per heavy atom. The first-order chi connectivity index (χ1) is 14.2. The van der Waals surface area contributed by atoms with Gasteiger partial charge in [-0.25, -0.2) is 24.6 Å². The number of nitrogens with two attached hydrogens (primary N) is 3. The maximum Gasteiger partial charge on any atom is 0.416 e. The van der Waals surface area contributed by atoms with Gasteiger partial charge >= 0.3 is 12.2 Å². The van der Waals surface area contributed by atoms with E-state index in [1.54, 1.807) is 12.1 Å². The summed E-state index contributed by atoms with van der Waals surface area (Å²) >= 11 is 0. The molecule has 2 heterocycles. The number of carbonyl (C=O) groups is 1. The Hall–Kier alpha value is -4.33. The summed E-state index contributed by atoms with van der Waals surface area (Å²) in [5, 5.41) is 0. The zero-order chi connectivity index (χ0) is 21.9. The molecule has 0 fully saturated rings. The number of pyridine rings is 1. The van der Waals surface area contributed by atoms with Crippen molar-refractivity contribution >= 4 is 29.2 Å². The summed E-state index contributed by atoms with van der Waals surface area (Å²) in [4.78, 5) is 24.2. The Morgan fingerprint density at radius 2 is 1.60 bits per heavy atom. The van der Waals surface area contributed by atoms with Gasteiger partial charge in [-0.1, -0.05) is 11.8 Å². The molecule has 0 radical (unpaired) electrons. The number of halogens is 3. The Kier molecular flexibility index (Phi) is 5.41. The van der Waals surface area contributed by atoms with Crippen LogP contribution < -0.4 is 22.1 Å². The predicted molar refractivity (Wildman–Crippen MR) is 104 cm³/mol. The molecule has 0 saturated heterocycles. The number of hydrogen-bond acceptors (Lipinski definition) is 6. The zero-order valence-electron chi connectivity index (χ0n) is 15.2. The highest BCUT2D eigenvalue weighted by molar-refractivity contribution is 5.97. The fraction of sp³-hybridized carbons (Fsp3) is 0.0526. The summed E-state index contributed by atoms with van der Waals surface area (Å²) in [6, 6.07) is 6.55. The average molecular weight is 413 g/mol. The first kappa shape index (κ1) is 20.4. The third-order valence-electron chi connectivity index (χ3n) is 3.89. The van der Waals surface area contributed by atoms with Crippen LogP contribution >= 0.6 is 0 Å². The van der Waals surface area contributed by atoms with Gasteiger partial charge in [0, 0.05) is 11.8 Å². The van der Waals surface area contributed by atoms with E-state index < -0.39 is 17.8 Å². The van der Waals surface area contributed by atoms with Crippen molar-refractivity contribution < 1.29 is 18.0 Å². The monoisotopic (exact) mass is 413 g/mol. The summed E-state index contributed by atoms with van der Waals surface area (Å²) in [5.74, 6) is 5.56. The van der Waals surface area contributed by atoms with Gasteiger partial charge in [-0.3, -0.25) is 0 Å². The van der Waals surface area contributed by atoms with Crippen LogP contribution in [-0.2, 0) is 6.18 Å². The molecule has 0 unspecified atom stereocenters. The fourth-order valence-electron chi connectivity index (χ4n) is 2.46. The van der Waals surface area contributed by atoms with E-state index >= 15 is 0 Å². The van der Waals surface area contributed by atoms with Gasteiger partial charge in [0.05, 0.1) is 11.3 Å². The van der Waals surface area contributed by atoms with Crippen molar-refractivity contribution in [3.05, 3.63) is 65.6 Å². The second-order valence-electron chi connectivity index (χ2n) is 5.89. The van der Waals surface area contributed by atoms with Crippen molar-refractivity contribution in [2.24, 2.45) is 5.73 Å².